The Morgan fingerprint density at radius 1 is 1.80 bits per heavy atom. The van der Waals surface area contributed by atoms with Crippen molar-refractivity contribution < 1.29 is 20.4 Å². The Hall–Kier alpha value is 0.692. The van der Waals surface area contributed by atoms with E-state index in [1.54, 1.807) is 0 Å². The van der Waals surface area contributed by atoms with Gasteiger partial charge in [-0.3, -0.25) is 6.08 Å². The zero-order valence-electron chi connectivity index (χ0n) is 2.56. The van der Waals surface area contributed by atoms with Gasteiger partial charge in [0.1, 0.15) is 0 Å². The molecule has 0 aromatic rings. The van der Waals surface area contributed by atoms with E-state index in [9.17, 15) is 0 Å². The maximum atomic E-state index is 5.01. The van der Waals surface area contributed by atoms with Crippen molar-refractivity contribution in [3.63, 3.8) is 0 Å². The summed E-state index contributed by atoms with van der Waals surface area (Å²) in [5.74, 6) is 0.444. The van der Waals surface area contributed by atoms with Crippen molar-refractivity contribution >= 4 is 11.6 Å². The van der Waals surface area contributed by atoms with Gasteiger partial charge in [-0.1, -0.05) is 0 Å². The third-order valence-electron chi connectivity index (χ3n) is 0.0891. The van der Waals surface area contributed by atoms with Gasteiger partial charge in [-0.25, -0.2) is 0 Å². The molecule has 0 saturated carbocycles. The minimum Gasteiger partial charge on any atom is -0.517 e. The molecule has 0 saturated heterocycles. The van der Waals surface area contributed by atoms with Gasteiger partial charge in [-0.05, 0) is 0 Å². The summed E-state index contributed by atoms with van der Waals surface area (Å²) in [6.45, 7) is 4.77. The van der Waals surface area contributed by atoms with E-state index >= 15 is 0 Å². The van der Waals surface area contributed by atoms with E-state index in [4.69, 9.17) is 18.2 Å². The molecule has 0 spiro atoms. The molecule has 34 valence electrons. The number of allylic oxidation sites excluding steroid dienone is 1. The summed E-state index contributed by atoms with van der Waals surface area (Å²) in [5, 5.41) is 0. The first-order chi connectivity index (χ1) is 1.91. The van der Waals surface area contributed by atoms with Crippen LogP contribution in [0.2, 0.25) is 0 Å². The van der Waals surface area contributed by atoms with E-state index in [1.165, 1.54) is 6.08 Å². The van der Waals surface area contributed by atoms with Crippen LogP contribution in [0, 0.1) is 6.58 Å². The van der Waals surface area contributed by atoms with Crippen LogP contribution in [-0.4, -0.2) is 5.88 Å². The fourth-order valence-electron chi connectivity index (χ4n) is 0. The van der Waals surface area contributed by atoms with Gasteiger partial charge in [-0.2, -0.15) is 0 Å². The first kappa shape index (κ1) is 9.19. The van der Waals surface area contributed by atoms with Gasteiger partial charge in [0.05, 0.1) is 0 Å². The van der Waals surface area contributed by atoms with E-state index in [-0.39, 0.29) is 20.4 Å². The topological polar surface area (TPSA) is 0 Å². The van der Waals surface area contributed by atoms with E-state index < -0.39 is 0 Å². The number of hydrogen-bond donors (Lipinski definition) is 0. The molecule has 0 aliphatic heterocycles. The molecule has 0 aromatic heterocycles. The summed E-state index contributed by atoms with van der Waals surface area (Å²) in [6.07, 6.45) is 1.39. The minimum atomic E-state index is 0. The van der Waals surface area contributed by atoms with Crippen molar-refractivity contribution in [2.24, 2.45) is 0 Å². The summed E-state index contributed by atoms with van der Waals surface area (Å²) < 4.78 is 0. The fourth-order valence-corrected chi connectivity index (χ4v) is 0. The van der Waals surface area contributed by atoms with Crippen molar-refractivity contribution in [1.29, 1.82) is 0 Å². The average molecular weight is 182 g/mol. The van der Waals surface area contributed by atoms with Crippen LogP contribution in [-0.2, 0) is 20.4 Å². The van der Waals surface area contributed by atoms with Gasteiger partial charge in [0.15, 0.2) is 0 Å². The molecule has 0 unspecified atom stereocenters. The van der Waals surface area contributed by atoms with Crippen molar-refractivity contribution in [2.75, 3.05) is 5.88 Å². The second-order valence-corrected chi connectivity index (χ2v) is 0.699. The van der Waals surface area contributed by atoms with E-state index in [0.717, 1.165) is 0 Å². The second-order valence-electron chi connectivity index (χ2n) is 0.390. The zero-order valence-corrected chi connectivity index (χ0v) is 4.87. The van der Waals surface area contributed by atoms with Crippen molar-refractivity contribution in [2.45, 2.75) is 0 Å². The van der Waals surface area contributed by atoms with Gasteiger partial charge in [-0.15, -0.1) is 11.6 Å². The fraction of sp³-hybridized carbons (Fsp3) is 0.333. The SMILES string of the molecule is [CH-]=CCCl.[Pd]. The minimum absolute atomic E-state index is 0. The van der Waals surface area contributed by atoms with Crippen molar-refractivity contribution in [1.82, 2.24) is 0 Å². The molecule has 0 rings (SSSR count). The average Bonchev–Trinajstić information content (AvgIpc) is 1.37. The smallest absolute Gasteiger partial charge is 0.00853 e. The maximum absolute atomic E-state index is 5.01. The molecule has 0 fully saturated rings. The largest absolute Gasteiger partial charge is 0.517 e. The number of halogens is 1. The first-order valence-corrected chi connectivity index (χ1v) is 1.54. The normalized spacial score (nSPS) is 5.00. The molecule has 0 nitrogen and oxygen atoms in total. The third-order valence-corrected chi connectivity index (χ3v) is 0.267. The summed E-state index contributed by atoms with van der Waals surface area (Å²) in [5.41, 5.74) is 0. The van der Waals surface area contributed by atoms with Gasteiger partial charge < -0.3 is 6.58 Å². The summed E-state index contributed by atoms with van der Waals surface area (Å²) in [7, 11) is 0. The predicted octanol–water partition coefficient (Wildman–Crippen LogP) is 1.21. The molecule has 0 N–H and O–H groups in total. The molecule has 0 heterocycles. The molecule has 0 radical (unpaired) electrons. The number of hydrogen-bond acceptors (Lipinski definition) is 0. The molecule has 0 amide bonds. The first-order valence-electron chi connectivity index (χ1n) is 1.01. The summed E-state index contributed by atoms with van der Waals surface area (Å²) in [4.78, 5) is 0. The van der Waals surface area contributed by atoms with E-state index in [2.05, 4.69) is 0 Å². The van der Waals surface area contributed by atoms with Crippen LogP contribution in [0.25, 0.3) is 0 Å². The van der Waals surface area contributed by atoms with Crippen molar-refractivity contribution in [3.8, 4) is 0 Å². The third kappa shape index (κ3) is 11.9. The van der Waals surface area contributed by atoms with Gasteiger partial charge >= 0.3 is 0 Å². The summed E-state index contributed by atoms with van der Waals surface area (Å²) >= 11 is 5.01. The molecule has 0 bridgehead atoms. The monoisotopic (exact) mass is 181 g/mol. The Labute approximate surface area is 50.9 Å². The zero-order chi connectivity index (χ0) is 3.41. The van der Waals surface area contributed by atoms with Crippen LogP contribution in [0.15, 0.2) is 6.08 Å². The molecular weight excluding hydrogens is 178 g/mol. The second kappa shape index (κ2) is 8.83. The Kier molecular flexibility index (Phi) is 16.2. The molecule has 2 heteroatoms. The van der Waals surface area contributed by atoms with Crippen molar-refractivity contribution in [3.05, 3.63) is 12.7 Å². The molecule has 0 aromatic carbocycles. The van der Waals surface area contributed by atoms with Crippen LogP contribution in [0.3, 0.4) is 0 Å². The number of alkyl halides is 1. The van der Waals surface area contributed by atoms with Gasteiger partial charge in [0.25, 0.3) is 0 Å². The molecule has 0 aliphatic rings. The van der Waals surface area contributed by atoms with Crippen LogP contribution >= 0.6 is 11.6 Å². The van der Waals surface area contributed by atoms with Crippen LogP contribution in [0.5, 0.6) is 0 Å². The molecule has 5 heavy (non-hydrogen) atoms. The van der Waals surface area contributed by atoms with Crippen LogP contribution < -0.4 is 0 Å². The predicted molar refractivity (Wildman–Crippen MR) is 19.6 cm³/mol. The van der Waals surface area contributed by atoms with E-state index in [1.807, 2.05) is 0 Å². The Morgan fingerprint density at radius 2 is 2.00 bits per heavy atom. The van der Waals surface area contributed by atoms with Gasteiger partial charge in [0, 0.05) is 26.3 Å². The molecule has 0 aliphatic carbocycles. The standard InChI is InChI=1S/C3H4Cl.Pd/c1-2-3-4;/h1-2H,3H2;/q-1;. The van der Waals surface area contributed by atoms with E-state index in [0.29, 0.717) is 5.88 Å². The Balaban J connectivity index is 0. The van der Waals surface area contributed by atoms with Crippen LogP contribution in [0.1, 0.15) is 0 Å². The maximum Gasteiger partial charge on any atom is 0.00853 e. The summed E-state index contributed by atoms with van der Waals surface area (Å²) in [6, 6.07) is 0. The Bertz CT molecular complexity index is 20.9. The number of rotatable bonds is 1. The Morgan fingerprint density at radius 3 is 2.00 bits per heavy atom. The van der Waals surface area contributed by atoms with Gasteiger partial charge in [0.2, 0.25) is 0 Å². The molecule has 0 atom stereocenters. The molecular formula is C3H4ClPd-. The van der Waals surface area contributed by atoms with Crippen LogP contribution in [0.4, 0.5) is 0 Å². The quantitative estimate of drug-likeness (QED) is 0.324.